The Morgan fingerprint density at radius 3 is 2.59 bits per heavy atom. The number of carbonyl (C=O) groups is 1. The van der Waals surface area contributed by atoms with Crippen LogP contribution >= 0.6 is 23.2 Å². The number of nitrogens with zero attached hydrogens (tertiary/aromatic N) is 2. The van der Waals surface area contributed by atoms with Crippen LogP contribution in [0.1, 0.15) is 38.5 Å². The van der Waals surface area contributed by atoms with Gasteiger partial charge in [-0.15, -0.1) is 10.2 Å². The van der Waals surface area contributed by atoms with E-state index in [2.05, 4.69) is 15.5 Å². The van der Waals surface area contributed by atoms with Crippen LogP contribution in [0.25, 0.3) is 22.9 Å². The van der Waals surface area contributed by atoms with Crippen LogP contribution in [0.3, 0.4) is 0 Å². The van der Waals surface area contributed by atoms with Crippen molar-refractivity contribution in [2.24, 2.45) is 5.92 Å². The highest BCUT2D eigenvalue weighted by Gasteiger charge is 2.18. The predicted octanol–water partition coefficient (Wildman–Crippen LogP) is 6.62. The molecule has 7 heteroatoms. The third-order valence-corrected chi connectivity index (χ3v) is 6.02. The van der Waals surface area contributed by atoms with E-state index in [1.54, 1.807) is 18.2 Å². The molecule has 1 saturated carbocycles. The molecule has 0 saturated heterocycles. The summed E-state index contributed by atoms with van der Waals surface area (Å²) in [6.07, 6.45) is 6.51. The molecule has 0 unspecified atom stereocenters. The average molecular weight is 430 g/mol. The van der Waals surface area contributed by atoms with E-state index in [0.29, 0.717) is 51.0 Å². The van der Waals surface area contributed by atoms with Gasteiger partial charge in [0.1, 0.15) is 0 Å². The van der Waals surface area contributed by atoms with E-state index in [4.69, 9.17) is 27.6 Å². The standard InChI is InChI=1S/C22H21Cl2N3O2/c23-17-11-10-15(13-18(17)24)21-26-27-22(29-21)16-7-3-4-8-19(16)25-20(28)12-9-14-5-1-2-6-14/h3-4,7-8,10-11,13-14H,1-2,5-6,9,12H2,(H,25,28). The Morgan fingerprint density at radius 1 is 1.03 bits per heavy atom. The number of rotatable bonds is 6. The topological polar surface area (TPSA) is 68.0 Å². The number of nitrogens with one attached hydrogen (secondary N) is 1. The van der Waals surface area contributed by atoms with E-state index in [9.17, 15) is 4.79 Å². The molecule has 5 nitrogen and oxygen atoms in total. The zero-order chi connectivity index (χ0) is 20.2. The van der Waals surface area contributed by atoms with Crippen molar-refractivity contribution in [3.05, 3.63) is 52.5 Å². The van der Waals surface area contributed by atoms with E-state index in [1.807, 2.05) is 24.3 Å². The van der Waals surface area contributed by atoms with Gasteiger partial charge in [0.25, 0.3) is 0 Å². The summed E-state index contributed by atoms with van der Waals surface area (Å²) in [5.41, 5.74) is 2.02. The Morgan fingerprint density at radius 2 is 1.79 bits per heavy atom. The van der Waals surface area contributed by atoms with Crippen LogP contribution in [-0.4, -0.2) is 16.1 Å². The Labute approximate surface area is 179 Å². The van der Waals surface area contributed by atoms with E-state index in [-0.39, 0.29) is 5.91 Å². The molecular formula is C22H21Cl2N3O2. The number of amides is 1. The smallest absolute Gasteiger partial charge is 0.250 e. The van der Waals surface area contributed by atoms with Crippen molar-refractivity contribution < 1.29 is 9.21 Å². The van der Waals surface area contributed by atoms with Gasteiger partial charge in [-0.05, 0) is 42.7 Å². The van der Waals surface area contributed by atoms with Gasteiger partial charge in [0.05, 0.1) is 21.3 Å². The average Bonchev–Trinajstić information content (AvgIpc) is 3.41. The van der Waals surface area contributed by atoms with Crippen LogP contribution in [0.2, 0.25) is 10.0 Å². The maximum absolute atomic E-state index is 12.4. The number of aromatic nitrogens is 2. The fourth-order valence-electron chi connectivity index (χ4n) is 3.70. The fraction of sp³-hybridized carbons (Fsp3) is 0.318. The molecule has 0 spiro atoms. The van der Waals surface area contributed by atoms with Crippen molar-refractivity contribution in [2.45, 2.75) is 38.5 Å². The number of halogens is 2. The third kappa shape index (κ3) is 4.80. The fourth-order valence-corrected chi connectivity index (χ4v) is 4.00. The summed E-state index contributed by atoms with van der Waals surface area (Å²) in [5, 5.41) is 12.1. The Kier molecular flexibility index (Phi) is 6.16. The van der Waals surface area contributed by atoms with Crippen LogP contribution in [0, 0.1) is 5.92 Å². The normalized spacial score (nSPS) is 14.3. The number of anilines is 1. The van der Waals surface area contributed by atoms with Gasteiger partial charge < -0.3 is 9.73 Å². The lowest BCUT2D eigenvalue weighted by Gasteiger charge is -2.11. The quantitative estimate of drug-likeness (QED) is 0.477. The van der Waals surface area contributed by atoms with E-state index in [1.165, 1.54) is 25.7 Å². The third-order valence-electron chi connectivity index (χ3n) is 5.28. The van der Waals surface area contributed by atoms with Crippen molar-refractivity contribution in [3.63, 3.8) is 0 Å². The van der Waals surface area contributed by atoms with Crippen molar-refractivity contribution >= 4 is 34.8 Å². The lowest BCUT2D eigenvalue weighted by Crippen LogP contribution is -2.13. The molecule has 3 aromatic rings. The zero-order valence-electron chi connectivity index (χ0n) is 15.8. The molecule has 29 heavy (non-hydrogen) atoms. The summed E-state index contributed by atoms with van der Waals surface area (Å²) in [6.45, 7) is 0. The summed E-state index contributed by atoms with van der Waals surface area (Å²) >= 11 is 12.0. The molecule has 1 N–H and O–H groups in total. The number of para-hydroxylation sites is 1. The van der Waals surface area contributed by atoms with Crippen LogP contribution in [0.5, 0.6) is 0 Å². The molecule has 0 bridgehead atoms. The van der Waals surface area contributed by atoms with Crippen molar-refractivity contribution in [3.8, 4) is 22.9 Å². The van der Waals surface area contributed by atoms with E-state index in [0.717, 1.165) is 6.42 Å². The van der Waals surface area contributed by atoms with Gasteiger partial charge in [0.15, 0.2) is 0 Å². The number of carbonyl (C=O) groups excluding carboxylic acids is 1. The first-order valence-corrected chi connectivity index (χ1v) is 10.5. The minimum absolute atomic E-state index is 0.00794. The van der Waals surface area contributed by atoms with Crippen molar-refractivity contribution in [1.82, 2.24) is 10.2 Å². The summed E-state index contributed by atoms with van der Waals surface area (Å²) in [4.78, 5) is 12.4. The van der Waals surface area contributed by atoms with Crippen LogP contribution < -0.4 is 5.32 Å². The van der Waals surface area contributed by atoms with Crippen molar-refractivity contribution in [2.75, 3.05) is 5.32 Å². The van der Waals surface area contributed by atoms with Gasteiger partial charge in [-0.2, -0.15) is 0 Å². The second kappa shape index (κ2) is 8.97. The molecule has 0 radical (unpaired) electrons. The first kappa shape index (κ1) is 19.9. The molecule has 4 rings (SSSR count). The van der Waals surface area contributed by atoms with Gasteiger partial charge in [-0.1, -0.05) is 61.0 Å². The summed E-state index contributed by atoms with van der Waals surface area (Å²) in [6, 6.07) is 12.5. The van der Waals surface area contributed by atoms with Crippen LogP contribution in [0.4, 0.5) is 5.69 Å². The molecular weight excluding hydrogens is 409 g/mol. The van der Waals surface area contributed by atoms with Gasteiger partial charge in [-0.3, -0.25) is 4.79 Å². The zero-order valence-corrected chi connectivity index (χ0v) is 17.3. The Balaban J connectivity index is 1.50. The van der Waals surface area contributed by atoms with Crippen LogP contribution in [-0.2, 0) is 4.79 Å². The molecule has 1 heterocycles. The SMILES string of the molecule is O=C(CCC1CCCC1)Nc1ccccc1-c1nnc(-c2ccc(Cl)c(Cl)c2)o1. The number of hydrogen-bond donors (Lipinski definition) is 1. The molecule has 0 atom stereocenters. The molecule has 150 valence electrons. The maximum atomic E-state index is 12.4. The highest BCUT2D eigenvalue weighted by Crippen LogP contribution is 2.32. The second-order valence-electron chi connectivity index (χ2n) is 7.32. The Bertz CT molecular complexity index is 1010. The van der Waals surface area contributed by atoms with E-state index < -0.39 is 0 Å². The van der Waals surface area contributed by atoms with Gasteiger partial charge in [-0.25, -0.2) is 0 Å². The first-order valence-electron chi connectivity index (χ1n) is 9.78. The van der Waals surface area contributed by atoms with Crippen LogP contribution in [0.15, 0.2) is 46.9 Å². The van der Waals surface area contributed by atoms with Gasteiger partial charge >= 0.3 is 0 Å². The Hall–Kier alpha value is -2.37. The highest BCUT2D eigenvalue weighted by molar-refractivity contribution is 6.42. The molecule has 1 amide bonds. The summed E-state index contributed by atoms with van der Waals surface area (Å²) < 4.78 is 5.84. The van der Waals surface area contributed by atoms with E-state index >= 15 is 0 Å². The monoisotopic (exact) mass is 429 g/mol. The molecule has 2 aromatic carbocycles. The van der Waals surface area contributed by atoms with Crippen molar-refractivity contribution in [1.29, 1.82) is 0 Å². The molecule has 1 aliphatic rings. The molecule has 0 aliphatic heterocycles. The lowest BCUT2D eigenvalue weighted by atomic mass is 10.0. The number of benzene rings is 2. The second-order valence-corrected chi connectivity index (χ2v) is 8.14. The highest BCUT2D eigenvalue weighted by atomic mass is 35.5. The lowest BCUT2D eigenvalue weighted by molar-refractivity contribution is -0.116. The predicted molar refractivity (Wildman–Crippen MR) is 115 cm³/mol. The minimum Gasteiger partial charge on any atom is -0.416 e. The number of hydrogen-bond acceptors (Lipinski definition) is 4. The molecule has 1 aliphatic carbocycles. The summed E-state index contributed by atoms with van der Waals surface area (Å²) in [7, 11) is 0. The largest absolute Gasteiger partial charge is 0.416 e. The minimum atomic E-state index is 0.00794. The van der Waals surface area contributed by atoms with Gasteiger partial charge in [0.2, 0.25) is 17.7 Å². The summed E-state index contributed by atoms with van der Waals surface area (Å²) in [5.74, 6) is 1.35. The molecule has 1 fully saturated rings. The maximum Gasteiger partial charge on any atom is 0.250 e. The van der Waals surface area contributed by atoms with Gasteiger partial charge in [0, 0.05) is 12.0 Å². The first-order chi connectivity index (χ1) is 14.1. The molecule has 1 aromatic heterocycles.